The van der Waals surface area contributed by atoms with Crippen molar-refractivity contribution in [2.75, 3.05) is 13.1 Å². The smallest absolute Gasteiger partial charge is 0.273 e. The maximum atomic E-state index is 12.3. The first-order chi connectivity index (χ1) is 12.1. The van der Waals surface area contributed by atoms with Crippen LogP contribution in [0.2, 0.25) is 0 Å². The van der Waals surface area contributed by atoms with Crippen LogP contribution in [-0.4, -0.2) is 39.8 Å². The van der Waals surface area contributed by atoms with Crippen LogP contribution < -0.4 is 10.6 Å². The van der Waals surface area contributed by atoms with Gasteiger partial charge in [-0.2, -0.15) is 5.10 Å². The van der Waals surface area contributed by atoms with E-state index in [1.807, 2.05) is 13.2 Å². The highest BCUT2D eigenvalue weighted by molar-refractivity contribution is 5.93. The fourth-order valence-corrected chi connectivity index (χ4v) is 3.28. The molecule has 0 unspecified atom stereocenters. The number of hydrogen-bond donors (Lipinski definition) is 2. The zero-order chi connectivity index (χ0) is 17.6. The van der Waals surface area contributed by atoms with Gasteiger partial charge in [-0.25, -0.2) is 4.98 Å². The van der Waals surface area contributed by atoms with Gasteiger partial charge in [-0.3, -0.25) is 9.48 Å². The second-order valence-corrected chi connectivity index (χ2v) is 6.73. The van der Waals surface area contributed by atoms with E-state index in [-0.39, 0.29) is 5.91 Å². The van der Waals surface area contributed by atoms with Crippen molar-refractivity contribution in [1.29, 1.82) is 0 Å². The van der Waals surface area contributed by atoms with Gasteiger partial charge in [-0.05, 0) is 19.8 Å². The molecule has 7 heteroatoms. The molecule has 0 atom stereocenters. The third-order valence-electron chi connectivity index (χ3n) is 4.66. The summed E-state index contributed by atoms with van der Waals surface area (Å²) in [5.41, 5.74) is 1.10. The van der Waals surface area contributed by atoms with Gasteiger partial charge in [0.15, 0.2) is 5.69 Å². The molecule has 2 aromatic heterocycles. The average molecular weight is 345 g/mol. The number of rotatable bonds is 6. The highest BCUT2D eigenvalue weighted by atomic mass is 16.4. The van der Waals surface area contributed by atoms with Crippen LogP contribution in [0.1, 0.15) is 54.8 Å². The third kappa shape index (κ3) is 4.69. The van der Waals surface area contributed by atoms with Crippen molar-refractivity contribution in [2.24, 2.45) is 7.05 Å². The van der Waals surface area contributed by atoms with E-state index in [0.717, 1.165) is 12.1 Å². The van der Waals surface area contributed by atoms with Crippen LogP contribution in [0.3, 0.4) is 0 Å². The highest BCUT2D eigenvalue weighted by Gasteiger charge is 2.18. The summed E-state index contributed by atoms with van der Waals surface area (Å²) >= 11 is 0. The Hall–Kier alpha value is -2.15. The van der Waals surface area contributed by atoms with Crippen molar-refractivity contribution < 1.29 is 9.21 Å². The normalized spacial score (nSPS) is 15.9. The van der Waals surface area contributed by atoms with Crippen LogP contribution in [0.15, 0.2) is 16.8 Å². The number of oxazole rings is 1. The first-order valence-corrected chi connectivity index (χ1v) is 9.11. The average Bonchev–Trinajstić information content (AvgIpc) is 3.09. The van der Waals surface area contributed by atoms with Crippen LogP contribution in [0.5, 0.6) is 0 Å². The van der Waals surface area contributed by atoms with Crippen molar-refractivity contribution in [1.82, 2.24) is 25.4 Å². The van der Waals surface area contributed by atoms with E-state index >= 15 is 0 Å². The number of amides is 1. The lowest BCUT2D eigenvalue weighted by Gasteiger charge is -2.16. The number of nitrogens with one attached hydrogen (secondary N) is 2. The van der Waals surface area contributed by atoms with Crippen LogP contribution >= 0.6 is 0 Å². The van der Waals surface area contributed by atoms with Gasteiger partial charge in [0.1, 0.15) is 5.76 Å². The molecular weight excluding hydrogens is 318 g/mol. The molecule has 0 aromatic carbocycles. The Morgan fingerprint density at radius 3 is 2.72 bits per heavy atom. The van der Waals surface area contributed by atoms with E-state index in [9.17, 15) is 4.79 Å². The molecule has 25 heavy (non-hydrogen) atoms. The molecule has 0 spiro atoms. The van der Waals surface area contributed by atoms with Crippen molar-refractivity contribution in [3.8, 4) is 11.5 Å². The molecule has 1 amide bonds. The second-order valence-electron chi connectivity index (χ2n) is 6.73. The molecule has 0 radical (unpaired) electrons. The van der Waals surface area contributed by atoms with E-state index in [1.54, 1.807) is 17.8 Å². The van der Waals surface area contributed by atoms with Crippen LogP contribution in [-0.2, 0) is 7.05 Å². The Bertz CT molecular complexity index is 698. The molecule has 1 aliphatic rings. The van der Waals surface area contributed by atoms with Crippen molar-refractivity contribution >= 4 is 5.91 Å². The monoisotopic (exact) mass is 345 g/mol. The van der Waals surface area contributed by atoms with E-state index in [4.69, 9.17) is 4.42 Å². The Balaban J connectivity index is 1.49. The molecule has 1 aliphatic carbocycles. The van der Waals surface area contributed by atoms with Gasteiger partial charge in [0.2, 0.25) is 5.89 Å². The minimum atomic E-state index is -0.195. The SMILES string of the molecule is Cc1oc(-c2cnn(C)c2)nc1C(=O)NCCNC1CCCCCC1. The number of carbonyl (C=O) groups excluding carboxylic acids is 1. The molecule has 7 nitrogen and oxygen atoms in total. The fourth-order valence-electron chi connectivity index (χ4n) is 3.28. The molecular formula is C18H27N5O2. The number of carbonyl (C=O) groups is 1. The molecule has 136 valence electrons. The minimum absolute atomic E-state index is 0.195. The quantitative estimate of drug-likeness (QED) is 0.620. The standard InChI is InChI=1S/C18H27N5O2/c1-13-16(22-18(25-13)14-11-21-23(2)12-14)17(24)20-10-9-19-15-7-5-3-4-6-8-15/h11-12,15,19H,3-10H2,1-2H3,(H,20,24). The predicted molar refractivity (Wildman–Crippen MR) is 95.3 cm³/mol. The third-order valence-corrected chi connectivity index (χ3v) is 4.66. The van der Waals surface area contributed by atoms with E-state index in [0.29, 0.717) is 29.9 Å². The fraction of sp³-hybridized carbons (Fsp3) is 0.611. The van der Waals surface area contributed by atoms with Crippen molar-refractivity contribution in [3.05, 3.63) is 23.8 Å². The zero-order valence-electron chi connectivity index (χ0n) is 15.0. The summed E-state index contributed by atoms with van der Waals surface area (Å²) < 4.78 is 7.28. The molecule has 2 N–H and O–H groups in total. The van der Waals surface area contributed by atoms with Gasteiger partial charge in [0, 0.05) is 32.4 Å². The second kappa shape index (κ2) is 8.29. The Kier molecular flexibility index (Phi) is 5.86. The number of nitrogens with zero attached hydrogens (tertiary/aromatic N) is 3. The van der Waals surface area contributed by atoms with Crippen molar-refractivity contribution in [2.45, 2.75) is 51.5 Å². The number of hydrogen-bond acceptors (Lipinski definition) is 5. The molecule has 0 aliphatic heterocycles. The van der Waals surface area contributed by atoms with Gasteiger partial charge in [0.05, 0.1) is 11.8 Å². The Morgan fingerprint density at radius 2 is 2.04 bits per heavy atom. The summed E-state index contributed by atoms with van der Waals surface area (Å²) in [6.07, 6.45) is 11.3. The lowest BCUT2D eigenvalue weighted by Crippen LogP contribution is -2.37. The van der Waals surface area contributed by atoms with E-state index in [2.05, 4.69) is 20.7 Å². The maximum absolute atomic E-state index is 12.3. The van der Waals surface area contributed by atoms with Gasteiger partial charge >= 0.3 is 0 Å². The summed E-state index contributed by atoms with van der Waals surface area (Å²) in [4.78, 5) is 16.7. The van der Waals surface area contributed by atoms with Crippen LogP contribution in [0, 0.1) is 6.92 Å². The Labute approximate surface area is 148 Å². The molecule has 3 rings (SSSR count). The first kappa shape index (κ1) is 17.7. The summed E-state index contributed by atoms with van der Waals surface area (Å²) in [5.74, 6) is 0.750. The maximum Gasteiger partial charge on any atom is 0.273 e. The molecule has 1 fully saturated rings. The lowest BCUT2D eigenvalue weighted by molar-refractivity contribution is 0.0947. The summed E-state index contributed by atoms with van der Waals surface area (Å²) in [7, 11) is 1.83. The summed E-state index contributed by atoms with van der Waals surface area (Å²) in [5, 5.41) is 10.6. The molecule has 2 aromatic rings. The van der Waals surface area contributed by atoms with Gasteiger partial charge in [-0.15, -0.1) is 0 Å². The van der Waals surface area contributed by atoms with Crippen molar-refractivity contribution in [3.63, 3.8) is 0 Å². The van der Waals surface area contributed by atoms with E-state index in [1.165, 1.54) is 38.5 Å². The lowest BCUT2D eigenvalue weighted by atomic mass is 10.1. The number of aryl methyl sites for hydroxylation is 2. The van der Waals surface area contributed by atoms with Crippen LogP contribution in [0.4, 0.5) is 0 Å². The predicted octanol–water partition coefficient (Wildman–Crippen LogP) is 2.43. The molecule has 0 saturated heterocycles. The first-order valence-electron chi connectivity index (χ1n) is 9.11. The molecule has 2 heterocycles. The summed E-state index contributed by atoms with van der Waals surface area (Å²) in [6, 6.07) is 0.588. The van der Waals surface area contributed by atoms with E-state index < -0.39 is 0 Å². The highest BCUT2D eigenvalue weighted by Crippen LogP contribution is 2.21. The summed E-state index contributed by atoms with van der Waals surface area (Å²) in [6.45, 7) is 3.12. The molecule has 0 bridgehead atoms. The van der Waals surface area contributed by atoms with Crippen LogP contribution in [0.25, 0.3) is 11.5 Å². The largest absolute Gasteiger partial charge is 0.440 e. The minimum Gasteiger partial charge on any atom is -0.440 e. The van der Waals surface area contributed by atoms with Gasteiger partial charge in [-0.1, -0.05) is 25.7 Å². The topological polar surface area (TPSA) is 85.0 Å². The Morgan fingerprint density at radius 1 is 1.28 bits per heavy atom. The number of aromatic nitrogens is 3. The molecule has 1 saturated carbocycles. The zero-order valence-corrected chi connectivity index (χ0v) is 15.0. The van der Waals surface area contributed by atoms with Gasteiger partial charge < -0.3 is 15.1 Å². The van der Waals surface area contributed by atoms with Gasteiger partial charge in [0.25, 0.3) is 5.91 Å².